The van der Waals surface area contributed by atoms with Gasteiger partial charge >= 0.3 is 0 Å². The topological polar surface area (TPSA) is 33.2 Å². The first-order chi connectivity index (χ1) is 12.8. The van der Waals surface area contributed by atoms with Crippen molar-refractivity contribution in [1.82, 2.24) is 9.88 Å². The highest BCUT2D eigenvalue weighted by Gasteiger charge is 2.21. The van der Waals surface area contributed by atoms with E-state index in [2.05, 4.69) is 9.88 Å². The number of carbonyl (C=O) groups is 1. The van der Waals surface area contributed by atoms with Crippen LogP contribution < -0.4 is 0 Å². The van der Waals surface area contributed by atoms with E-state index in [1.165, 1.54) is 18.2 Å². The van der Waals surface area contributed by atoms with E-state index < -0.39 is 41.0 Å². The number of likely N-dealkylation sites (tertiary alicyclic amines) is 1. The molecular weight excluding hydrogens is 360 g/mol. The Balaban J connectivity index is 1.82. The van der Waals surface area contributed by atoms with Crippen LogP contribution in [0.25, 0.3) is 5.83 Å². The number of hydrogen-bond acceptors (Lipinski definition) is 3. The lowest BCUT2D eigenvalue weighted by atomic mass is 10.0. The number of aromatic nitrogens is 1. The number of halogens is 4. The molecule has 0 N–H and O–H groups in total. The predicted octanol–water partition coefficient (Wildman–Crippen LogP) is 4.33. The van der Waals surface area contributed by atoms with Gasteiger partial charge < -0.3 is 4.90 Å². The average molecular weight is 378 g/mol. The molecule has 0 amide bonds. The van der Waals surface area contributed by atoms with Crippen molar-refractivity contribution in [2.75, 3.05) is 20.1 Å². The second-order valence-corrected chi connectivity index (χ2v) is 6.58. The number of piperidine rings is 1. The number of carbonyl (C=O) groups excluding carboxylic acids is 1. The predicted molar refractivity (Wildman–Crippen MR) is 93.3 cm³/mol. The highest BCUT2D eigenvalue weighted by atomic mass is 19.1. The summed E-state index contributed by atoms with van der Waals surface area (Å²) in [5.74, 6) is -4.95. The number of benzene rings is 1. The molecule has 2 aromatic rings. The van der Waals surface area contributed by atoms with Crippen LogP contribution in [0.5, 0.6) is 0 Å². The van der Waals surface area contributed by atoms with Crippen molar-refractivity contribution >= 4 is 11.6 Å². The summed E-state index contributed by atoms with van der Waals surface area (Å²) < 4.78 is 55.2. The number of hydrogen-bond donors (Lipinski definition) is 0. The molecule has 3 nitrogen and oxygen atoms in total. The fourth-order valence-electron chi connectivity index (χ4n) is 3.05. The minimum Gasteiger partial charge on any atom is -0.306 e. The minimum atomic E-state index is -1.27. The fraction of sp³-hybridized carbons (Fsp3) is 0.300. The van der Waals surface area contributed by atoms with Crippen molar-refractivity contribution in [2.24, 2.45) is 0 Å². The van der Waals surface area contributed by atoms with E-state index in [9.17, 15) is 22.4 Å². The van der Waals surface area contributed by atoms with E-state index in [1.54, 1.807) is 0 Å². The standard InChI is InChI=1S/C20H18F4N2O/c1-26-7-5-12(6-8-26)20(24)17-4-2-3-14(25-17)11-18(27)19-15(22)9-13(21)10-16(19)23/h2-4,9-10H,5-8,11H2,1H3. The van der Waals surface area contributed by atoms with Gasteiger partial charge in [-0.25, -0.2) is 22.5 Å². The Bertz CT molecular complexity index is 878. The van der Waals surface area contributed by atoms with Gasteiger partial charge in [0.1, 0.15) is 23.3 Å². The van der Waals surface area contributed by atoms with Gasteiger partial charge in [0.05, 0.1) is 17.7 Å². The van der Waals surface area contributed by atoms with Gasteiger partial charge in [-0.2, -0.15) is 0 Å². The van der Waals surface area contributed by atoms with Crippen molar-refractivity contribution in [3.8, 4) is 0 Å². The number of rotatable bonds is 4. The van der Waals surface area contributed by atoms with Crippen LogP contribution in [0.4, 0.5) is 17.6 Å². The van der Waals surface area contributed by atoms with Crippen LogP contribution in [0.2, 0.25) is 0 Å². The monoisotopic (exact) mass is 378 g/mol. The molecule has 0 spiro atoms. The Morgan fingerprint density at radius 3 is 2.37 bits per heavy atom. The summed E-state index contributed by atoms with van der Waals surface area (Å²) >= 11 is 0. The van der Waals surface area contributed by atoms with E-state index in [0.717, 1.165) is 13.1 Å². The Kier molecular flexibility index (Phi) is 5.70. The molecule has 1 aliphatic rings. The molecule has 3 rings (SSSR count). The summed E-state index contributed by atoms with van der Waals surface area (Å²) in [5, 5.41) is 0. The van der Waals surface area contributed by atoms with Gasteiger partial charge in [0.15, 0.2) is 5.78 Å². The van der Waals surface area contributed by atoms with Crippen molar-refractivity contribution in [3.63, 3.8) is 0 Å². The molecule has 1 aromatic heterocycles. The molecular formula is C20H18F4N2O. The van der Waals surface area contributed by atoms with Gasteiger partial charge in [-0.3, -0.25) is 4.79 Å². The molecule has 142 valence electrons. The quantitative estimate of drug-likeness (QED) is 0.587. The van der Waals surface area contributed by atoms with Crippen LogP contribution in [-0.4, -0.2) is 35.8 Å². The summed E-state index contributed by atoms with van der Waals surface area (Å²) in [6, 6.07) is 5.41. The lowest BCUT2D eigenvalue weighted by Crippen LogP contribution is -2.26. The summed E-state index contributed by atoms with van der Waals surface area (Å²) in [4.78, 5) is 18.5. The zero-order chi connectivity index (χ0) is 19.6. The van der Waals surface area contributed by atoms with E-state index in [1.807, 2.05) is 7.05 Å². The second kappa shape index (κ2) is 8.00. The summed E-state index contributed by atoms with van der Waals surface area (Å²) in [6.45, 7) is 1.51. The van der Waals surface area contributed by atoms with Crippen LogP contribution in [0, 0.1) is 17.5 Å². The summed E-state index contributed by atoms with van der Waals surface area (Å²) in [6.07, 6.45) is 0.775. The molecule has 0 radical (unpaired) electrons. The third-order valence-electron chi connectivity index (χ3n) is 4.56. The summed E-state index contributed by atoms with van der Waals surface area (Å²) in [7, 11) is 1.97. The van der Waals surface area contributed by atoms with Crippen LogP contribution in [0.3, 0.4) is 0 Å². The van der Waals surface area contributed by atoms with Gasteiger partial charge in [0, 0.05) is 30.9 Å². The zero-order valence-electron chi connectivity index (χ0n) is 14.7. The maximum absolute atomic E-state index is 14.7. The maximum atomic E-state index is 14.7. The van der Waals surface area contributed by atoms with Gasteiger partial charge in [0.2, 0.25) is 0 Å². The van der Waals surface area contributed by atoms with Gasteiger partial charge in [-0.05, 0) is 37.6 Å². The van der Waals surface area contributed by atoms with Gasteiger partial charge in [0.25, 0.3) is 0 Å². The Morgan fingerprint density at radius 1 is 1.11 bits per heavy atom. The minimum absolute atomic E-state index is 0.0971. The first-order valence-corrected chi connectivity index (χ1v) is 8.55. The molecule has 27 heavy (non-hydrogen) atoms. The molecule has 1 aromatic carbocycles. The van der Waals surface area contributed by atoms with Crippen molar-refractivity contribution in [1.29, 1.82) is 0 Å². The smallest absolute Gasteiger partial charge is 0.174 e. The van der Waals surface area contributed by atoms with Gasteiger partial charge in [-0.15, -0.1) is 0 Å². The van der Waals surface area contributed by atoms with Gasteiger partial charge in [-0.1, -0.05) is 6.07 Å². The highest BCUT2D eigenvalue weighted by molar-refractivity contribution is 5.97. The third kappa shape index (κ3) is 4.42. The molecule has 1 aliphatic heterocycles. The van der Waals surface area contributed by atoms with E-state index >= 15 is 0 Å². The molecule has 0 bridgehead atoms. The highest BCUT2D eigenvalue weighted by Crippen LogP contribution is 2.26. The van der Waals surface area contributed by atoms with Crippen LogP contribution >= 0.6 is 0 Å². The Morgan fingerprint density at radius 2 is 1.74 bits per heavy atom. The van der Waals surface area contributed by atoms with Crippen LogP contribution in [0.15, 0.2) is 35.9 Å². The molecule has 0 atom stereocenters. The molecule has 2 heterocycles. The summed E-state index contributed by atoms with van der Waals surface area (Å²) in [5.41, 5.74) is 0.127. The van der Waals surface area contributed by atoms with E-state index in [-0.39, 0.29) is 11.4 Å². The van der Waals surface area contributed by atoms with Crippen LogP contribution in [0.1, 0.15) is 34.6 Å². The largest absolute Gasteiger partial charge is 0.306 e. The number of ketones is 1. The lowest BCUT2D eigenvalue weighted by molar-refractivity contribution is 0.0983. The van der Waals surface area contributed by atoms with Crippen molar-refractivity contribution in [2.45, 2.75) is 19.3 Å². The third-order valence-corrected chi connectivity index (χ3v) is 4.56. The fourth-order valence-corrected chi connectivity index (χ4v) is 3.05. The zero-order valence-corrected chi connectivity index (χ0v) is 14.7. The Hall–Kier alpha value is -2.54. The number of Topliss-reactive ketones (excluding diaryl/α,β-unsaturated/α-hetero) is 1. The maximum Gasteiger partial charge on any atom is 0.174 e. The molecule has 0 aliphatic carbocycles. The van der Waals surface area contributed by atoms with Crippen molar-refractivity contribution < 1.29 is 22.4 Å². The van der Waals surface area contributed by atoms with Crippen molar-refractivity contribution in [3.05, 3.63) is 70.3 Å². The second-order valence-electron chi connectivity index (χ2n) is 6.58. The number of pyridine rings is 1. The first kappa shape index (κ1) is 19.2. The lowest BCUT2D eigenvalue weighted by Gasteiger charge is -2.24. The number of nitrogens with zero attached hydrogens (tertiary/aromatic N) is 2. The Labute approximate surface area is 154 Å². The van der Waals surface area contributed by atoms with E-state index in [0.29, 0.717) is 30.5 Å². The van der Waals surface area contributed by atoms with E-state index in [4.69, 9.17) is 0 Å². The normalized spacial score (nSPS) is 15.1. The molecule has 7 heteroatoms. The molecule has 0 saturated carbocycles. The average Bonchev–Trinajstić information content (AvgIpc) is 2.61. The molecule has 1 saturated heterocycles. The van der Waals surface area contributed by atoms with Crippen LogP contribution in [-0.2, 0) is 6.42 Å². The molecule has 0 unspecified atom stereocenters. The first-order valence-electron chi connectivity index (χ1n) is 8.55. The molecule has 1 fully saturated rings. The SMILES string of the molecule is CN1CCC(=C(F)c2cccc(CC(=O)c3c(F)cc(F)cc3F)n2)CC1.